The predicted molar refractivity (Wildman–Crippen MR) is 85.3 cm³/mol. The number of hydrogen-bond donors (Lipinski definition) is 1. The minimum absolute atomic E-state index is 0.153. The van der Waals surface area contributed by atoms with Gasteiger partial charge in [-0.3, -0.25) is 0 Å². The Morgan fingerprint density at radius 1 is 1.00 bits per heavy atom. The molecule has 0 amide bonds. The summed E-state index contributed by atoms with van der Waals surface area (Å²) >= 11 is 6.90. The van der Waals surface area contributed by atoms with Gasteiger partial charge >= 0.3 is 0 Å². The van der Waals surface area contributed by atoms with Crippen molar-refractivity contribution < 1.29 is 13.5 Å². The van der Waals surface area contributed by atoms with Crippen molar-refractivity contribution in [2.24, 2.45) is 0 Å². The molecule has 21 heavy (non-hydrogen) atoms. The van der Waals surface area contributed by atoms with Crippen molar-refractivity contribution in [1.82, 2.24) is 5.32 Å². The maximum Gasteiger partial charge on any atom is 0.159 e. The summed E-state index contributed by atoms with van der Waals surface area (Å²) in [5.41, 5.74) is 1.66. The summed E-state index contributed by atoms with van der Waals surface area (Å²) in [4.78, 5) is 0. The van der Waals surface area contributed by atoms with E-state index in [2.05, 4.69) is 37.2 Å². The van der Waals surface area contributed by atoms with Crippen LogP contribution in [0.2, 0.25) is 0 Å². The first-order valence-corrected chi connectivity index (χ1v) is 7.79. The Bertz CT molecular complexity index is 627. The van der Waals surface area contributed by atoms with Crippen molar-refractivity contribution in [2.75, 3.05) is 7.05 Å². The lowest BCUT2D eigenvalue weighted by Gasteiger charge is -2.12. The predicted octanol–water partition coefficient (Wildman–Crippen LogP) is 4.79. The molecule has 0 saturated carbocycles. The van der Waals surface area contributed by atoms with E-state index in [1.54, 1.807) is 0 Å². The van der Waals surface area contributed by atoms with Crippen molar-refractivity contribution >= 4 is 31.9 Å². The van der Waals surface area contributed by atoms with Crippen LogP contribution >= 0.6 is 31.9 Å². The fourth-order valence-corrected chi connectivity index (χ4v) is 3.35. The Balaban J connectivity index is 2.14. The van der Waals surface area contributed by atoms with Crippen LogP contribution < -0.4 is 10.1 Å². The van der Waals surface area contributed by atoms with Crippen LogP contribution in [0.1, 0.15) is 11.1 Å². The van der Waals surface area contributed by atoms with E-state index in [0.29, 0.717) is 11.3 Å². The van der Waals surface area contributed by atoms with Gasteiger partial charge < -0.3 is 10.1 Å². The maximum absolute atomic E-state index is 13.1. The van der Waals surface area contributed by atoms with Gasteiger partial charge in [-0.1, -0.05) is 6.07 Å². The second-order valence-corrected chi connectivity index (χ2v) is 6.16. The third-order valence-corrected chi connectivity index (χ3v) is 3.98. The highest BCUT2D eigenvalue weighted by Gasteiger charge is 2.10. The summed E-state index contributed by atoms with van der Waals surface area (Å²) in [6.07, 6.45) is 0. The first-order chi connectivity index (χ1) is 10.0. The van der Waals surface area contributed by atoms with Crippen LogP contribution in [0.25, 0.3) is 0 Å². The first kappa shape index (κ1) is 16.4. The van der Waals surface area contributed by atoms with Crippen LogP contribution in [0.15, 0.2) is 39.3 Å². The molecular formula is C15H13Br2F2NO. The Kier molecular flexibility index (Phi) is 5.72. The molecule has 0 aliphatic heterocycles. The van der Waals surface area contributed by atoms with E-state index < -0.39 is 11.6 Å². The van der Waals surface area contributed by atoms with E-state index in [9.17, 15) is 8.78 Å². The van der Waals surface area contributed by atoms with Crippen molar-refractivity contribution in [3.63, 3.8) is 0 Å². The normalized spacial score (nSPS) is 10.7. The zero-order valence-electron chi connectivity index (χ0n) is 11.2. The highest BCUT2D eigenvalue weighted by Crippen LogP contribution is 2.35. The molecule has 2 aromatic carbocycles. The average molecular weight is 421 g/mol. The van der Waals surface area contributed by atoms with Gasteiger partial charge in [0.25, 0.3) is 0 Å². The van der Waals surface area contributed by atoms with E-state index >= 15 is 0 Å². The van der Waals surface area contributed by atoms with Gasteiger partial charge in [-0.25, -0.2) is 8.78 Å². The van der Waals surface area contributed by atoms with Crippen LogP contribution in [0.4, 0.5) is 8.78 Å². The monoisotopic (exact) mass is 419 g/mol. The fraction of sp³-hybridized carbons (Fsp3) is 0.200. The molecule has 2 aromatic rings. The van der Waals surface area contributed by atoms with Gasteiger partial charge in [-0.2, -0.15) is 0 Å². The topological polar surface area (TPSA) is 21.3 Å². The van der Waals surface area contributed by atoms with Gasteiger partial charge in [0.15, 0.2) is 11.6 Å². The van der Waals surface area contributed by atoms with Gasteiger partial charge in [0.1, 0.15) is 12.4 Å². The smallest absolute Gasteiger partial charge is 0.159 e. The van der Waals surface area contributed by atoms with Crippen molar-refractivity contribution in [2.45, 2.75) is 13.2 Å². The van der Waals surface area contributed by atoms with Crippen LogP contribution in [0, 0.1) is 11.6 Å². The Morgan fingerprint density at radius 3 is 2.24 bits per heavy atom. The molecule has 0 spiro atoms. The number of hydrogen-bond acceptors (Lipinski definition) is 2. The third-order valence-electron chi connectivity index (χ3n) is 2.81. The minimum atomic E-state index is -0.876. The summed E-state index contributed by atoms with van der Waals surface area (Å²) < 4.78 is 33.3. The molecule has 0 bridgehead atoms. The largest absolute Gasteiger partial charge is 0.487 e. The zero-order chi connectivity index (χ0) is 15.4. The Hall–Kier alpha value is -0.980. The van der Waals surface area contributed by atoms with Crippen molar-refractivity contribution in [1.29, 1.82) is 0 Å². The quantitative estimate of drug-likeness (QED) is 0.750. The second-order valence-electron chi connectivity index (χ2n) is 4.46. The third kappa shape index (κ3) is 4.25. The molecule has 0 aliphatic carbocycles. The lowest BCUT2D eigenvalue weighted by atomic mass is 10.2. The summed E-state index contributed by atoms with van der Waals surface area (Å²) in [6, 6.07) is 7.61. The van der Waals surface area contributed by atoms with Crippen molar-refractivity contribution in [3.8, 4) is 5.75 Å². The molecule has 0 radical (unpaired) electrons. The molecular weight excluding hydrogens is 408 g/mol. The number of halogens is 4. The lowest BCUT2D eigenvalue weighted by Crippen LogP contribution is -2.05. The molecule has 1 N–H and O–H groups in total. The summed E-state index contributed by atoms with van der Waals surface area (Å²) in [5.74, 6) is -1.12. The molecule has 6 heteroatoms. The van der Waals surface area contributed by atoms with Gasteiger partial charge in [0.2, 0.25) is 0 Å². The SMILES string of the molecule is CNCc1cc(Br)c(OCc2ccc(F)c(F)c2)c(Br)c1. The lowest BCUT2D eigenvalue weighted by molar-refractivity contribution is 0.301. The average Bonchev–Trinajstić information content (AvgIpc) is 2.42. The van der Waals surface area contributed by atoms with E-state index in [1.165, 1.54) is 6.07 Å². The molecule has 2 nitrogen and oxygen atoms in total. The van der Waals surface area contributed by atoms with Crippen LogP contribution in [-0.4, -0.2) is 7.05 Å². The van der Waals surface area contributed by atoms with E-state index in [-0.39, 0.29) is 6.61 Å². The molecule has 0 atom stereocenters. The molecule has 2 rings (SSSR count). The van der Waals surface area contributed by atoms with E-state index in [1.807, 2.05) is 19.2 Å². The molecule has 0 heterocycles. The summed E-state index contributed by atoms with van der Waals surface area (Å²) in [6.45, 7) is 0.889. The minimum Gasteiger partial charge on any atom is -0.487 e. The molecule has 0 fully saturated rings. The number of rotatable bonds is 5. The van der Waals surface area contributed by atoms with Crippen LogP contribution in [-0.2, 0) is 13.2 Å². The van der Waals surface area contributed by atoms with Gasteiger partial charge in [0.05, 0.1) is 8.95 Å². The van der Waals surface area contributed by atoms with Crippen molar-refractivity contribution in [3.05, 3.63) is 62.0 Å². The Morgan fingerprint density at radius 2 is 1.67 bits per heavy atom. The standard InChI is InChI=1S/C15H13Br2F2NO/c1-20-7-10-4-11(16)15(12(17)5-10)21-8-9-2-3-13(18)14(19)6-9/h2-6,20H,7-8H2,1H3. The Labute approximate surface area is 138 Å². The number of ether oxygens (including phenoxy) is 1. The molecule has 0 aliphatic rings. The van der Waals surface area contributed by atoms with E-state index in [0.717, 1.165) is 33.2 Å². The van der Waals surface area contributed by atoms with Crippen LogP contribution in [0.5, 0.6) is 5.75 Å². The van der Waals surface area contributed by atoms with Gasteiger partial charge in [-0.05, 0) is 74.3 Å². The zero-order valence-corrected chi connectivity index (χ0v) is 14.4. The molecule has 112 valence electrons. The van der Waals surface area contributed by atoms with Crippen LogP contribution in [0.3, 0.4) is 0 Å². The molecule has 0 aromatic heterocycles. The number of benzene rings is 2. The molecule has 0 saturated heterocycles. The first-order valence-electron chi connectivity index (χ1n) is 6.20. The second kappa shape index (κ2) is 7.33. The highest BCUT2D eigenvalue weighted by atomic mass is 79.9. The van der Waals surface area contributed by atoms with Gasteiger partial charge in [-0.15, -0.1) is 0 Å². The highest BCUT2D eigenvalue weighted by molar-refractivity contribution is 9.11. The number of nitrogens with one attached hydrogen (secondary N) is 1. The maximum atomic E-state index is 13.1. The summed E-state index contributed by atoms with van der Waals surface area (Å²) in [5, 5.41) is 3.07. The van der Waals surface area contributed by atoms with E-state index in [4.69, 9.17) is 4.74 Å². The molecule has 0 unspecified atom stereocenters. The van der Waals surface area contributed by atoms with Gasteiger partial charge in [0, 0.05) is 6.54 Å². The summed E-state index contributed by atoms with van der Waals surface area (Å²) in [7, 11) is 1.87. The fourth-order valence-electron chi connectivity index (χ4n) is 1.84.